The number of aliphatic hydroxyl groups is 1. The van der Waals surface area contributed by atoms with Crippen LogP contribution in [0.3, 0.4) is 0 Å². The van der Waals surface area contributed by atoms with Gasteiger partial charge in [0.05, 0.1) is 6.61 Å². The topological polar surface area (TPSA) is 25.2 Å². The third kappa shape index (κ3) is 1.65. The number of aromatic nitrogens is 1. The summed E-state index contributed by atoms with van der Waals surface area (Å²) in [6.45, 7) is 4.49. The van der Waals surface area contributed by atoms with E-state index in [1.807, 2.05) is 13.2 Å². The number of aryl methyl sites for hydroxylation is 1. The predicted octanol–water partition coefficient (Wildman–Crippen LogP) is 2.79. The zero-order valence-electron chi connectivity index (χ0n) is 9.49. The summed E-state index contributed by atoms with van der Waals surface area (Å²) in [5.74, 6) is 0.543. The van der Waals surface area contributed by atoms with E-state index in [2.05, 4.69) is 36.6 Å². The highest BCUT2D eigenvalue weighted by molar-refractivity contribution is 5.84. The van der Waals surface area contributed by atoms with Crippen molar-refractivity contribution < 1.29 is 5.11 Å². The van der Waals surface area contributed by atoms with Crippen LogP contribution < -0.4 is 0 Å². The molecule has 1 N–H and O–H groups in total. The van der Waals surface area contributed by atoms with Crippen molar-refractivity contribution in [3.05, 3.63) is 35.5 Å². The van der Waals surface area contributed by atoms with Crippen LogP contribution in [0.15, 0.2) is 24.4 Å². The van der Waals surface area contributed by atoms with Crippen molar-refractivity contribution in [2.45, 2.75) is 26.4 Å². The quantitative estimate of drug-likeness (QED) is 0.797. The molecule has 0 atom stereocenters. The Morgan fingerprint density at radius 2 is 2.07 bits per heavy atom. The van der Waals surface area contributed by atoms with E-state index in [0.29, 0.717) is 5.92 Å². The number of hydrogen-bond acceptors (Lipinski definition) is 1. The molecule has 0 bridgehead atoms. The lowest BCUT2D eigenvalue weighted by Crippen LogP contribution is -1.89. The van der Waals surface area contributed by atoms with E-state index >= 15 is 0 Å². The summed E-state index contributed by atoms with van der Waals surface area (Å²) in [7, 11) is 2.02. The lowest BCUT2D eigenvalue weighted by molar-refractivity contribution is 0.283. The third-order valence-electron chi connectivity index (χ3n) is 2.93. The normalized spacial score (nSPS) is 11.5. The summed E-state index contributed by atoms with van der Waals surface area (Å²) in [6.07, 6.45) is 1.99. The Hall–Kier alpha value is -1.28. The van der Waals surface area contributed by atoms with E-state index in [1.165, 1.54) is 11.1 Å². The average molecular weight is 203 g/mol. The molecule has 0 saturated heterocycles. The van der Waals surface area contributed by atoms with Crippen LogP contribution in [0.5, 0.6) is 0 Å². The minimum atomic E-state index is 0.109. The van der Waals surface area contributed by atoms with E-state index in [-0.39, 0.29) is 6.61 Å². The van der Waals surface area contributed by atoms with Crippen molar-refractivity contribution in [3.63, 3.8) is 0 Å². The van der Waals surface area contributed by atoms with E-state index in [4.69, 9.17) is 0 Å². The van der Waals surface area contributed by atoms with Gasteiger partial charge in [-0.3, -0.25) is 0 Å². The minimum absolute atomic E-state index is 0.109. The minimum Gasteiger partial charge on any atom is -0.392 e. The summed E-state index contributed by atoms with van der Waals surface area (Å²) in [6, 6.07) is 6.46. The molecular formula is C13H17NO. The maximum atomic E-state index is 9.21. The third-order valence-corrected chi connectivity index (χ3v) is 2.93. The summed E-state index contributed by atoms with van der Waals surface area (Å²) in [5, 5.41) is 10.4. The number of rotatable bonds is 2. The number of nitrogens with zero attached hydrogens (tertiary/aromatic N) is 1. The maximum Gasteiger partial charge on any atom is 0.0702 e. The average Bonchev–Trinajstić information content (AvgIpc) is 2.55. The molecule has 15 heavy (non-hydrogen) atoms. The standard InChI is InChI=1S/C13H17NO/c1-9(2)10-4-5-12-11(8-15)7-14(3)13(12)6-10/h4-7,9,15H,8H2,1-3H3. The summed E-state index contributed by atoms with van der Waals surface area (Å²) >= 11 is 0. The van der Waals surface area contributed by atoms with E-state index in [1.54, 1.807) is 0 Å². The van der Waals surface area contributed by atoms with E-state index < -0.39 is 0 Å². The first-order valence-electron chi connectivity index (χ1n) is 5.32. The molecule has 0 fully saturated rings. The second-order valence-electron chi connectivity index (χ2n) is 4.35. The van der Waals surface area contributed by atoms with Gasteiger partial charge in [0.25, 0.3) is 0 Å². The van der Waals surface area contributed by atoms with Crippen molar-refractivity contribution in [2.75, 3.05) is 0 Å². The molecule has 1 aromatic carbocycles. The van der Waals surface area contributed by atoms with E-state index in [0.717, 1.165) is 10.9 Å². The second kappa shape index (κ2) is 3.70. The molecule has 80 valence electrons. The summed E-state index contributed by atoms with van der Waals surface area (Å²) in [4.78, 5) is 0. The fraction of sp³-hybridized carbons (Fsp3) is 0.385. The van der Waals surface area contributed by atoms with Crippen LogP contribution in [0, 0.1) is 0 Å². The molecule has 0 aliphatic rings. The predicted molar refractivity (Wildman–Crippen MR) is 62.9 cm³/mol. The van der Waals surface area contributed by atoms with Crippen molar-refractivity contribution >= 4 is 10.9 Å². The number of benzene rings is 1. The van der Waals surface area contributed by atoms with Crippen LogP contribution in [-0.2, 0) is 13.7 Å². The Morgan fingerprint density at radius 3 is 2.67 bits per heavy atom. The molecular weight excluding hydrogens is 186 g/mol. The van der Waals surface area contributed by atoms with Crippen LogP contribution in [0.2, 0.25) is 0 Å². The van der Waals surface area contributed by atoms with Crippen LogP contribution in [0.1, 0.15) is 30.9 Å². The molecule has 2 nitrogen and oxygen atoms in total. The molecule has 0 saturated carbocycles. The van der Waals surface area contributed by atoms with Crippen molar-refractivity contribution in [1.82, 2.24) is 4.57 Å². The first-order chi connectivity index (χ1) is 7.13. The Morgan fingerprint density at radius 1 is 1.33 bits per heavy atom. The van der Waals surface area contributed by atoms with Crippen LogP contribution in [0.4, 0.5) is 0 Å². The monoisotopic (exact) mass is 203 g/mol. The number of aliphatic hydroxyl groups excluding tert-OH is 1. The highest BCUT2D eigenvalue weighted by Gasteiger charge is 2.07. The van der Waals surface area contributed by atoms with Crippen molar-refractivity contribution in [2.24, 2.45) is 7.05 Å². The molecule has 1 aromatic heterocycles. The number of fused-ring (bicyclic) bond motifs is 1. The first kappa shape index (κ1) is 10.2. The van der Waals surface area contributed by atoms with Gasteiger partial charge in [-0.1, -0.05) is 26.0 Å². The molecule has 0 aliphatic carbocycles. The fourth-order valence-corrected chi connectivity index (χ4v) is 1.97. The Kier molecular flexibility index (Phi) is 2.53. The highest BCUT2D eigenvalue weighted by Crippen LogP contribution is 2.25. The molecule has 0 unspecified atom stereocenters. The van der Waals surface area contributed by atoms with E-state index in [9.17, 15) is 5.11 Å². The molecule has 0 spiro atoms. The second-order valence-corrected chi connectivity index (χ2v) is 4.35. The summed E-state index contributed by atoms with van der Waals surface area (Å²) in [5.41, 5.74) is 3.54. The zero-order chi connectivity index (χ0) is 11.0. The van der Waals surface area contributed by atoms with Gasteiger partial charge in [-0.15, -0.1) is 0 Å². The molecule has 2 aromatic rings. The Balaban J connectivity index is 2.66. The SMILES string of the molecule is CC(C)c1ccc2c(CO)cn(C)c2c1. The molecule has 0 radical (unpaired) electrons. The van der Waals surface area contributed by atoms with Gasteiger partial charge in [0, 0.05) is 29.7 Å². The van der Waals surface area contributed by atoms with Gasteiger partial charge in [-0.25, -0.2) is 0 Å². The summed E-state index contributed by atoms with van der Waals surface area (Å²) < 4.78 is 2.08. The van der Waals surface area contributed by atoms with Crippen LogP contribution in [-0.4, -0.2) is 9.67 Å². The van der Waals surface area contributed by atoms with Gasteiger partial charge in [0.2, 0.25) is 0 Å². The maximum absolute atomic E-state index is 9.21. The molecule has 2 heteroatoms. The van der Waals surface area contributed by atoms with Crippen LogP contribution >= 0.6 is 0 Å². The molecule has 0 aliphatic heterocycles. The van der Waals surface area contributed by atoms with Crippen molar-refractivity contribution in [1.29, 1.82) is 0 Å². The molecule has 1 heterocycles. The van der Waals surface area contributed by atoms with Gasteiger partial charge < -0.3 is 9.67 Å². The van der Waals surface area contributed by atoms with Gasteiger partial charge in [0.1, 0.15) is 0 Å². The van der Waals surface area contributed by atoms with Crippen molar-refractivity contribution in [3.8, 4) is 0 Å². The lowest BCUT2D eigenvalue weighted by atomic mass is 10.0. The van der Waals surface area contributed by atoms with Gasteiger partial charge in [0.15, 0.2) is 0 Å². The van der Waals surface area contributed by atoms with Gasteiger partial charge in [-0.05, 0) is 17.5 Å². The first-order valence-corrected chi connectivity index (χ1v) is 5.32. The molecule has 2 rings (SSSR count). The fourth-order valence-electron chi connectivity index (χ4n) is 1.97. The van der Waals surface area contributed by atoms with Gasteiger partial charge in [-0.2, -0.15) is 0 Å². The van der Waals surface area contributed by atoms with Crippen LogP contribution in [0.25, 0.3) is 10.9 Å². The smallest absolute Gasteiger partial charge is 0.0702 e. The Labute approximate surface area is 90.2 Å². The molecule has 0 amide bonds. The Bertz CT molecular complexity index is 482. The zero-order valence-corrected chi connectivity index (χ0v) is 9.49. The van der Waals surface area contributed by atoms with Gasteiger partial charge >= 0.3 is 0 Å². The lowest BCUT2D eigenvalue weighted by Gasteiger charge is -2.06. The largest absolute Gasteiger partial charge is 0.392 e. The highest BCUT2D eigenvalue weighted by atomic mass is 16.3. The number of hydrogen-bond donors (Lipinski definition) is 1.